The van der Waals surface area contributed by atoms with Gasteiger partial charge in [-0.25, -0.2) is 4.79 Å². The Balaban J connectivity index is 1.92. The molecule has 0 bridgehead atoms. The van der Waals surface area contributed by atoms with E-state index in [0.717, 1.165) is 4.68 Å². The normalized spacial score (nSPS) is 10.2. The van der Waals surface area contributed by atoms with Crippen LogP contribution >= 0.6 is 0 Å². The maximum Gasteiger partial charge on any atom is 0.337 e. The van der Waals surface area contributed by atoms with Crippen molar-refractivity contribution in [1.82, 2.24) is 9.78 Å². The highest BCUT2D eigenvalue weighted by atomic mass is 16.5. The Hall–Kier alpha value is -3.94. The fraction of sp³-hybridized carbons (Fsp3) is 0.100. The molecule has 0 aliphatic heterocycles. The van der Waals surface area contributed by atoms with Gasteiger partial charge in [0, 0.05) is 5.69 Å². The van der Waals surface area contributed by atoms with Crippen molar-refractivity contribution in [2.45, 2.75) is 0 Å². The van der Waals surface area contributed by atoms with E-state index in [4.69, 9.17) is 4.74 Å². The van der Waals surface area contributed by atoms with E-state index in [9.17, 15) is 14.4 Å². The van der Waals surface area contributed by atoms with Crippen molar-refractivity contribution in [2.75, 3.05) is 19.5 Å². The lowest BCUT2D eigenvalue weighted by Gasteiger charge is -2.11. The van der Waals surface area contributed by atoms with Crippen molar-refractivity contribution in [3.8, 4) is 11.4 Å². The van der Waals surface area contributed by atoms with Gasteiger partial charge in [-0.1, -0.05) is 18.2 Å². The van der Waals surface area contributed by atoms with Crippen LogP contribution in [0, 0.1) is 0 Å². The van der Waals surface area contributed by atoms with E-state index in [-0.39, 0.29) is 11.4 Å². The first kappa shape index (κ1) is 18.8. The molecule has 0 fully saturated rings. The third kappa shape index (κ3) is 3.90. The van der Waals surface area contributed by atoms with E-state index < -0.39 is 17.4 Å². The van der Waals surface area contributed by atoms with Crippen molar-refractivity contribution in [3.63, 3.8) is 0 Å². The summed E-state index contributed by atoms with van der Waals surface area (Å²) in [6.07, 6.45) is 0. The van der Waals surface area contributed by atoms with Gasteiger partial charge in [0.2, 0.25) is 0 Å². The second-order valence-electron chi connectivity index (χ2n) is 5.67. The predicted molar refractivity (Wildman–Crippen MR) is 102 cm³/mol. The average molecular weight is 379 g/mol. The molecule has 0 unspecified atom stereocenters. The van der Waals surface area contributed by atoms with Gasteiger partial charge >= 0.3 is 5.97 Å². The number of benzene rings is 2. The van der Waals surface area contributed by atoms with Crippen LogP contribution in [-0.2, 0) is 4.74 Å². The van der Waals surface area contributed by atoms with E-state index >= 15 is 0 Å². The molecular formula is C20H17N3O5. The van der Waals surface area contributed by atoms with E-state index in [1.807, 2.05) is 6.07 Å². The Morgan fingerprint density at radius 3 is 2.29 bits per heavy atom. The zero-order valence-electron chi connectivity index (χ0n) is 15.2. The van der Waals surface area contributed by atoms with Gasteiger partial charge in [-0.2, -0.15) is 9.78 Å². The minimum absolute atomic E-state index is 0.0528. The van der Waals surface area contributed by atoms with Gasteiger partial charge in [0.25, 0.3) is 11.5 Å². The number of carbonyl (C=O) groups excluding carboxylic acids is 2. The fourth-order valence-corrected chi connectivity index (χ4v) is 2.51. The van der Waals surface area contributed by atoms with Crippen LogP contribution in [0.5, 0.6) is 5.75 Å². The summed E-state index contributed by atoms with van der Waals surface area (Å²) in [4.78, 5) is 36.5. The second-order valence-corrected chi connectivity index (χ2v) is 5.67. The quantitative estimate of drug-likeness (QED) is 0.683. The third-order valence-electron chi connectivity index (χ3n) is 3.90. The van der Waals surface area contributed by atoms with Crippen LogP contribution in [0.15, 0.2) is 65.5 Å². The van der Waals surface area contributed by atoms with Crippen molar-refractivity contribution >= 4 is 17.6 Å². The molecule has 1 aromatic heterocycles. The number of para-hydroxylation sites is 1. The molecule has 3 aromatic rings. The summed E-state index contributed by atoms with van der Waals surface area (Å²) in [5.74, 6) is -0.982. The third-order valence-corrected chi connectivity index (χ3v) is 3.90. The fourth-order valence-electron chi connectivity index (χ4n) is 2.51. The average Bonchev–Trinajstić information content (AvgIpc) is 2.74. The Morgan fingerprint density at radius 2 is 1.68 bits per heavy atom. The molecule has 0 aliphatic carbocycles. The Kier molecular flexibility index (Phi) is 5.50. The number of nitrogens with zero attached hydrogens (tertiary/aromatic N) is 2. The number of hydrogen-bond acceptors (Lipinski definition) is 6. The summed E-state index contributed by atoms with van der Waals surface area (Å²) in [5.41, 5.74) is 0.837. The summed E-state index contributed by atoms with van der Waals surface area (Å²) >= 11 is 0. The molecule has 28 heavy (non-hydrogen) atoms. The summed E-state index contributed by atoms with van der Waals surface area (Å²) < 4.78 is 10.9. The van der Waals surface area contributed by atoms with Crippen LogP contribution < -0.4 is 15.6 Å². The predicted octanol–water partition coefficient (Wildman–Crippen LogP) is 2.28. The van der Waals surface area contributed by atoms with Crippen LogP contribution in [0.4, 0.5) is 5.69 Å². The summed E-state index contributed by atoms with van der Waals surface area (Å²) in [7, 11) is 2.64. The molecule has 8 heteroatoms. The minimum atomic E-state index is -0.563. The molecule has 0 spiro atoms. The highest BCUT2D eigenvalue weighted by Gasteiger charge is 2.18. The van der Waals surface area contributed by atoms with Gasteiger partial charge in [0.05, 0.1) is 31.5 Å². The Morgan fingerprint density at radius 1 is 1.00 bits per heavy atom. The topological polar surface area (TPSA) is 99.5 Å². The lowest BCUT2D eigenvalue weighted by molar-refractivity contribution is 0.0600. The molecule has 142 valence electrons. The smallest absolute Gasteiger partial charge is 0.337 e. The van der Waals surface area contributed by atoms with E-state index in [1.54, 1.807) is 36.4 Å². The molecule has 0 saturated heterocycles. The molecule has 0 aliphatic rings. The molecule has 2 aromatic carbocycles. The number of hydrogen-bond donors (Lipinski definition) is 1. The van der Waals surface area contributed by atoms with Crippen LogP contribution in [0.1, 0.15) is 20.8 Å². The van der Waals surface area contributed by atoms with E-state index in [0.29, 0.717) is 16.9 Å². The standard InChI is InChI=1S/C20H17N3O5/c1-27-16-12-17(24)23(15-6-4-3-5-7-15)22-18(16)19(25)21-14-10-8-13(9-11-14)20(26)28-2/h3-12H,1-2H3,(H,21,25). The largest absolute Gasteiger partial charge is 0.494 e. The van der Waals surface area contributed by atoms with Crippen molar-refractivity contribution in [2.24, 2.45) is 0 Å². The van der Waals surface area contributed by atoms with Gasteiger partial charge in [0.15, 0.2) is 11.4 Å². The van der Waals surface area contributed by atoms with E-state index in [1.165, 1.54) is 32.4 Å². The first-order valence-electron chi connectivity index (χ1n) is 8.27. The van der Waals surface area contributed by atoms with Gasteiger partial charge < -0.3 is 14.8 Å². The zero-order chi connectivity index (χ0) is 20.1. The van der Waals surface area contributed by atoms with Crippen LogP contribution in [0.25, 0.3) is 5.69 Å². The molecule has 0 atom stereocenters. The molecule has 1 N–H and O–H groups in total. The molecule has 3 rings (SSSR count). The van der Waals surface area contributed by atoms with Crippen LogP contribution in [-0.4, -0.2) is 35.9 Å². The highest BCUT2D eigenvalue weighted by molar-refractivity contribution is 6.04. The van der Waals surface area contributed by atoms with E-state index in [2.05, 4.69) is 15.2 Å². The maximum atomic E-state index is 12.7. The minimum Gasteiger partial charge on any atom is -0.494 e. The van der Waals surface area contributed by atoms with Gasteiger partial charge in [0.1, 0.15) is 0 Å². The lowest BCUT2D eigenvalue weighted by Crippen LogP contribution is -2.26. The van der Waals surface area contributed by atoms with Crippen LogP contribution in [0.2, 0.25) is 0 Å². The monoisotopic (exact) mass is 379 g/mol. The second kappa shape index (κ2) is 8.17. The number of amides is 1. The van der Waals surface area contributed by atoms with Gasteiger partial charge in [-0.3, -0.25) is 9.59 Å². The lowest BCUT2D eigenvalue weighted by atomic mass is 10.2. The highest BCUT2D eigenvalue weighted by Crippen LogP contribution is 2.17. The SMILES string of the molecule is COC(=O)c1ccc(NC(=O)c2nn(-c3ccccc3)c(=O)cc2OC)cc1. The summed E-state index contributed by atoms with van der Waals surface area (Å²) in [6, 6.07) is 16.1. The molecule has 0 radical (unpaired) electrons. The number of esters is 1. The van der Waals surface area contributed by atoms with Crippen molar-refractivity contribution < 1.29 is 19.1 Å². The molecule has 1 amide bonds. The Labute approximate surface area is 160 Å². The number of rotatable bonds is 5. The molecule has 0 saturated carbocycles. The first-order chi connectivity index (χ1) is 13.5. The number of carbonyl (C=O) groups is 2. The van der Waals surface area contributed by atoms with Crippen molar-refractivity contribution in [1.29, 1.82) is 0 Å². The van der Waals surface area contributed by atoms with Crippen LogP contribution in [0.3, 0.4) is 0 Å². The first-order valence-corrected chi connectivity index (χ1v) is 8.27. The molecule has 1 heterocycles. The number of nitrogens with one attached hydrogen (secondary N) is 1. The Bertz CT molecular complexity index is 1060. The van der Waals surface area contributed by atoms with Gasteiger partial charge in [-0.05, 0) is 36.4 Å². The summed E-state index contributed by atoms with van der Waals surface area (Å²) in [5, 5.41) is 6.83. The number of anilines is 1. The zero-order valence-corrected chi connectivity index (χ0v) is 15.2. The molecular weight excluding hydrogens is 362 g/mol. The number of methoxy groups -OCH3 is 2. The number of aromatic nitrogens is 2. The number of ether oxygens (including phenoxy) is 2. The molecule has 8 nitrogen and oxygen atoms in total. The van der Waals surface area contributed by atoms with Gasteiger partial charge in [-0.15, -0.1) is 0 Å². The maximum absolute atomic E-state index is 12.7. The van der Waals surface area contributed by atoms with Crippen molar-refractivity contribution in [3.05, 3.63) is 82.3 Å². The summed E-state index contributed by atoms with van der Waals surface area (Å²) in [6.45, 7) is 0.